The lowest BCUT2D eigenvalue weighted by atomic mass is 10.4. The van der Waals surface area contributed by atoms with E-state index in [1.54, 1.807) is 29.1 Å². The van der Waals surface area contributed by atoms with Crippen molar-refractivity contribution in [1.82, 2.24) is 9.78 Å². The van der Waals surface area contributed by atoms with Gasteiger partial charge < -0.3 is 9.73 Å². The molecule has 0 fully saturated rings. The number of anilines is 1. The van der Waals surface area contributed by atoms with Gasteiger partial charge >= 0.3 is 0 Å². The summed E-state index contributed by atoms with van der Waals surface area (Å²) in [7, 11) is 0. The Morgan fingerprint density at radius 3 is 2.82 bits per heavy atom. The van der Waals surface area contributed by atoms with E-state index in [4.69, 9.17) is 4.42 Å². The van der Waals surface area contributed by atoms with Gasteiger partial charge in [0.15, 0.2) is 10.4 Å². The van der Waals surface area contributed by atoms with Gasteiger partial charge in [0, 0.05) is 12.1 Å². The number of halogens is 1. The molecule has 0 spiro atoms. The molecule has 0 atom stereocenters. The molecule has 0 unspecified atom stereocenters. The van der Waals surface area contributed by atoms with Gasteiger partial charge in [-0.3, -0.25) is 4.79 Å². The lowest BCUT2D eigenvalue weighted by molar-refractivity contribution is 0.0994. The molecule has 2 aromatic rings. The van der Waals surface area contributed by atoms with E-state index >= 15 is 0 Å². The second-order valence-electron chi connectivity index (χ2n) is 3.81. The molecule has 0 saturated heterocycles. The van der Waals surface area contributed by atoms with Crippen molar-refractivity contribution in [2.45, 2.75) is 19.9 Å². The molecule has 0 aromatic carbocycles. The minimum atomic E-state index is -0.293. The molecule has 0 aliphatic carbocycles. The monoisotopic (exact) mass is 297 g/mol. The molecule has 5 nitrogen and oxygen atoms in total. The number of furan rings is 1. The molecule has 2 aromatic heterocycles. The molecule has 1 amide bonds. The van der Waals surface area contributed by atoms with Crippen molar-refractivity contribution in [3.05, 3.63) is 34.8 Å². The summed E-state index contributed by atoms with van der Waals surface area (Å²) in [6, 6.07) is 5.21. The van der Waals surface area contributed by atoms with Gasteiger partial charge in [-0.2, -0.15) is 5.10 Å². The highest BCUT2D eigenvalue weighted by molar-refractivity contribution is 9.10. The largest absolute Gasteiger partial charge is 0.444 e. The highest BCUT2D eigenvalue weighted by atomic mass is 79.9. The van der Waals surface area contributed by atoms with Crippen LogP contribution in [0.3, 0.4) is 0 Å². The number of aromatic nitrogens is 2. The molecule has 2 rings (SSSR count). The van der Waals surface area contributed by atoms with Gasteiger partial charge in [-0.1, -0.05) is 0 Å². The van der Waals surface area contributed by atoms with Crippen LogP contribution in [0, 0.1) is 0 Å². The molecule has 90 valence electrons. The topological polar surface area (TPSA) is 60.1 Å². The van der Waals surface area contributed by atoms with Crippen LogP contribution < -0.4 is 5.32 Å². The van der Waals surface area contributed by atoms with E-state index < -0.39 is 0 Å². The number of nitrogens with zero attached hydrogens (tertiary/aromatic N) is 2. The van der Waals surface area contributed by atoms with Crippen molar-refractivity contribution in [1.29, 1.82) is 0 Å². The summed E-state index contributed by atoms with van der Waals surface area (Å²) in [6.07, 6.45) is 1.65. The first kappa shape index (κ1) is 11.9. The number of hydrogen-bond acceptors (Lipinski definition) is 3. The minimum Gasteiger partial charge on any atom is -0.444 e. The van der Waals surface area contributed by atoms with Crippen molar-refractivity contribution in [2.24, 2.45) is 0 Å². The van der Waals surface area contributed by atoms with Crippen LogP contribution in [0.15, 0.2) is 33.5 Å². The van der Waals surface area contributed by atoms with Crippen LogP contribution >= 0.6 is 15.9 Å². The van der Waals surface area contributed by atoms with E-state index in [2.05, 4.69) is 26.3 Å². The average Bonchev–Trinajstić information content (AvgIpc) is 2.86. The normalized spacial score (nSPS) is 10.8. The number of nitrogens with one attached hydrogen (secondary N) is 1. The Labute approximate surface area is 107 Å². The minimum absolute atomic E-state index is 0.184. The fraction of sp³-hybridized carbons (Fsp3) is 0.273. The summed E-state index contributed by atoms with van der Waals surface area (Å²) >= 11 is 3.15. The van der Waals surface area contributed by atoms with Crippen LogP contribution in [0.4, 0.5) is 5.82 Å². The summed E-state index contributed by atoms with van der Waals surface area (Å²) in [5.41, 5.74) is 0. The molecule has 0 radical (unpaired) electrons. The fourth-order valence-electron chi connectivity index (χ4n) is 1.44. The standard InChI is InChI=1S/C11H12BrN3O2/c1-7(2)15-10(5-6-13-15)14-11(16)8-3-4-9(12)17-8/h3-7H,1-2H3,(H,14,16). The first-order valence-electron chi connectivity index (χ1n) is 5.18. The van der Waals surface area contributed by atoms with Crippen LogP contribution in [-0.4, -0.2) is 15.7 Å². The molecule has 1 N–H and O–H groups in total. The van der Waals surface area contributed by atoms with E-state index in [1.165, 1.54) is 0 Å². The van der Waals surface area contributed by atoms with Crippen LogP contribution in [0.5, 0.6) is 0 Å². The van der Waals surface area contributed by atoms with Gasteiger partial charge in [0.2, 0.25) is 0 Å². The number of carbonyl (C=O) groups is 1. The van der Waals surface area contributed by atoms with E-state index in [-0.39, 0.29) is 17.7 Å². The third-order valence-corrected chi connectivity index (χ3v) is 2.62. The third kappa shape index (κ3) is 2.58. The van der Waals surface area contributed by atoms with Gasteiger partial charge in [-0.15, -0.1) is 0 Å². The summed E-state index contributed by atoms with van der Waals surface area (Å²) in [6.45, 7) is 3.98. The van der Waals surface area contributed by atoms with Crippen molar-refractivity contribution in [3.8, 4) is 0 Å². The summed E-state index contributed by atoms with van der Waals surface area (Å²) < 4.78 is 7.43. The highest BCUT2D eigenvalue weighted by Gasteiger charge is 2.13. The Morgan fingerprint density at radius 1 is 1.47 bits per heavy atom. The molecular formula is C11H12BrN3O2. The Kier molecular flexibility index (Phi) is 3.33. The van der Waals surface area contributed by atoms with Gasteiger partial charge in [-0.05, 0) is 41.9 Å². The van der Waals surface area contributed by atoms with Crippen molar-refractivity contribution in [2.75, 3.05) is 5.32 Å². The van der Waals surface area contributed by atoms with Crippen molar-refractivity contribution in [3.63, 3.8) is 0 Å². The van der Waals surface area contributed by atoms with E-state index in [0.29, 0.717) is 10.5 Å². The Balaban J connectivity index is 2.16. The second-order valence-corrected chi connectivity index (χ2v) is 4.59. The van der Waals surface area contributed by atoms with Crippen molar-refractivity contribution >= 4 is 27.7 Å². The van der Waals surface area contributed by atoms with Gasteiger partial charge in [-0.25, -0.2) is 4.68 Å². The lowest BCUT2D eigenvalue weighted by Gasteiger charge is -2.10. The predicted octanol–water partition coefficient (Wildman–Crippen LogP) is 3.07. The number of hydrogen-bond donors (Lipinski definition) is 1. The SMILES string of the molecule is CC(C)n1nccc1NC(=O)c1ccc(Br)o1. The Hall–Kier alpha value is -1.56. The van der Waals surface area contributed by atoms with Crippen LogP contribution in [0.25, 0.3) is 0 Å². The second kappa shape index (κ2) is 4.75. The maximum atomic E-state index is 11.8. The Bertz CT molecular complexity index is 530. The van der Waals surface area contributed by atoms with Crippen LogP contribution in [-0.2, 0) is 0 Å². The quantitative estimate of drug-likeness (QED) is 0.947. The van der Waals surface area contributed by atoms with Crippen LogP contribution in [0.2, 0.25) is 0 Å². The van der Waals surface area contributed by atoms with Gasteiger partial charge in [0.25, 0.3) is 5.91 Å². The Morgan fingerprint density at radius 2 is 2.24 bits per heavy atom. The zero-order valence-electron chi connectivity index (χ0n) is 9.48. The molecule has 17 heavy (non-hydrogen) atoms. The number of rotatable bonds is 3. The summed E-state index contributed by atoms with van der Waals surface area (Å²) in [5.74, 6) is 0.615. The fourth-order valence-corrected chi connectivity index (χ4v) is 1.75. The number of amides is 1. The van der Waals surface area contributed by atoms with E-state index in [0.717, 1.165) is 0 Å². The van der Waals surface area contributed by atoms with E-state index in [9.17, 15) is 4.79 Å². The third-order valence-electron chi connectivity index (χ3n) is 2.20. The first-order valence-corrected chi connectivity index (χ1v) is 5.97. The first-order chi connectivity index (χ1) is 8.08. The van der Waals surface area contributed by atoms with E-state index in [1.807, 2.05) is 13.8 Å². The summed E-state index contributed by atoms with van der Waals surface area (Å²) in [5, 5.41) is 6.88. The molecule has 2 heterocycles. The molecule has 6 heteroatoms. The average molecular weight is 298 g/mol. The summed E-state index contributed by atoms with van der Waals surface area (Å²) in [4.78, 5) is 11.8. The molecule has 0 saturated carbocycles. The van der Waals surface area contributed by atoms with Gasteiger partial charge in [0.1, 0.15) is 5.82 Å². The lowest BCUT2D eigenvalue weighted by Crippen LogP contribution is -2.16. The number of carbonyl (C=O) groups excluding carboxylic acids is 1. The maximum Gasteiger partial charge on any atom is 0.292 e. The van der Waals surface area contributed by atoms with Crippen LogP contribution in [0.1, 0.15) is 30.4 Å². The molecular weight excluding hydrogens is 286 g/mol. The molecule has 0 aliphatic rings. The zero-order valence-corrected chi connectivity index (χ0v) is 11.1. The van der Waals surface area contributed by atoms with Crippen molar-refractivity contribution < 1.29 is 9.21 Å². The maximum absolute atomic E-state index is 11.8. The smallest absolute Gasteiger partial charge is 0.292 e. The van der Waals surface area contributed by atoms with Gasteiger partial charge in [0.05, 0.1) is 6.20 Å². The molecule has 0 bridgehead atoms. The molecule has 0 aliphatic heterocycles. The predicted molar refractivity (Wildman–Crippen MR) is 67.0 cm³/mol. The zero-order chi connectivity index (χ0) is 12.4. The highest BCUT2D eigenvalue weighted by Crippen LogP contribution is 2.17.